The Labute approximate surface area is 89.3 Å². The van der Waals surface area contributed by atoms with Gasteiger partial charge in [-0.15, -0.1) is 0 Å². The third-order valence-electron chi connectivity index (χ3n) is 0.175. The molecule has 3 N–H and O–H groups in total. The number of carbonyl (C=O) groups is 1. The summed E-state index contributed by atoms with van der Waals surface area (Å²) >= 11 is 1.82. The summed E-state index contributed by atoms with van der Waals surface area (Å²) in [5.74, 6) is -0.968. The first-order chi connectivity index (χ1) is 6.27. The molecule has 0 heterocycles. The summed E-state index contributed by atoms with van der Waals surface area (Å²) in [4.78, 5) is 9.24. The van der Waals surface area contributed by atoms with Gasteiger partial charge in [0.25, 0.3) is 0 Å². The van der Waals surface area contributed by atoms with Gasteiger partial charge in [-0.25, -0.2) is 0 Å². The monoisotopic (exact) mass is 296 g/mol. The Morgan fingerprint density at radius 1 is 1.23 bits per heavy atom. The third-order valence-corrected chi connectivity index (χ3v) is 0.175. The van der Waals surface area contributed by atoms with E-state index in [1.165, 1.54) is 0 Å². The molecule has 0 saturated heterocycles. The molecule has 0 aromatic carbocycles. The van der Waals surface area contributed by atoms with Crippen LogP contribution in [0.25, 0.3) is 0 Å². The Morgan fingerprint density at radius 2 is 1.31 bits per heavy atom. The standard InChI is InChI=1S/C2H5NO2.3CO.ClH.Ru/c3-1-2(4)5;3*1-2;;/h1,3H2,(H,4,5);;;;1H;/q;;;;;+1/p-1. The van der Waals surface area contributed by atoms with Crippen LogP contribution in [0.15, 0.2) is 0 Å². The van der Waals surface area contributed by atoms with Gasteiger partial charge in [-0.2, -0.15) is 0 Å². The summed E-state index contributed by atoms with van der Waals surface area (Å²) in [6.07, 6.45) is 0. The van der Waals surface area contributed by atoms with Crippen molar-refractivity contribution >= 4 is 15.7 Å². The van der Waals surface area contributed by atoms with Gasteiger partial charge in [-0.1, -0.05) is 0 Å². The predicted molar refractivity (Wildman–Crippen MR) is 34.3 cm³/mol. The molecule has 0 unspecified atom stereocenters. The average Bonchev–Trinajstić information content (AvgIpc) is 2.29. The number of hydrogen-bond donors (Lipinski definition) is 2. The van der Waals surface area contributed by atoms with E-state index in [9.17, 15) is 4.79 Å². The van der Waals surface area contributed by atoms with E-state index in [4.69, 9.17) is 19.1 Å². The van der Waals surface area contributed by atoms with Gasteiger partial charge >= 0.3 is 66.9 Å². The van der Waals surface area contributed by atoms with Crippen LogP contribution >= 0.6 is 9.69 Å². The minimum atomic E-state index is -0.968. The summed E-state index contributed by atoms with van der Waals surface area (Å²) in [6, 6.07) is 0. The van der Waals surface area contributed by atoms with E-state index in [0.717, 1.165) is 0 Å². The van der Waals surface area contributed by atoms with E-state index in [2.05, 4.69) is 35.4 Å². The van der Waals surface area contributed by atoms with E-state index in [-0.39, 0.29) is 6.54 Å². The van der Waals surface area contributed by atoms with Gasteiger partial charge in [0, 0.05) is 0 Å². The first-order valence-corrected chi connectivity index (χ1v) is 4.17. The van der Waals surface area contributed by atoms with Crippen LogP contribution in [0, 0.1) is 20.0 Å². The summed E-state index contributed by atoms with van der Waals surface area (Å²) in [6.45, 7) is 13.2. The Morgan fingerprint density at radius 3 is 1.31 bits per heavy atom. The van der Waals surface area contributed by atoms with Crippen LogP contribution < -0.4 is 5.73 Å². The van der Waals surface area contributed by atoms with Gasteiger partial charge in [0.05, 0.1) is 6.54 Å². The SMILES string of the molecule is NCC(=O)O.[C-]#[O+].[C-]#[O+].[C-]#[O+].[Cl][Ru]. The van der Waals surface area contributed by atoms with Crippen molar-refractivity contribution < 1.29 is 41.2 Å². The molecular formula is C5H5ClNO5Ru. The van der Waals surface area contributed by atoms with Crippen LogP contribution in [0.1, 0.15) is 0 Å². The Balaban J connectivity index is -0.0000000230. The third kappa shape index (κ3) is 433. The molecule has 0 rings (SSSR count). The van der Waals surface area contributed by atoms with Crippen molar-refractivity contribution in [3.8, 4) is 0 Å². The molecule has 13 heavy (non-hydrogen) atoms. The molecule has 0 aliphatic rings. The van der Waals surface area contributed by atoms with Gasteiger partial charge in [-0.3, -0.25) is 4.79 Å². The quantitative estimate of drug-likeness (QED) is 0.389. The van der Waals surface area contributed by atoms with Crippen molar-refractivity contribution in [1.82, 2.24) is 0 Å². The molecule has 6 nitrogen and oxygen atoms in total. The number of hydrogen-bond acceptors (Lipinski definition) is 2. The van der Waals surface area contributed by atoms with E-state index in [1.807, 2.05) is 17.3 Å². The van der Waals surface area contributed by atoms with Gasteiger partial charge < -0.3 is 10.8 Å². The molecule has 0 fully saturated rings. The molecule has 0 saturated carbocycles. The van der Waals surface area contributed by atoms with Crippen LogP contribution in [0.2, 0.25) is 0 Å². The molecule has 0 aromatic rings. The second-order valence-electron chi connectivity index (χ2n) is 0.598. The van der Waals surface area contributed by atoms with Gasteiger partial charge in [0.2, 0.25) is 0 Å². The second-order valence-corrected chi connectivity index (χ2v) is 0.598. The Bertz CT molecular complexity index is 120. The number of halogens is 1. The van der Waals surface area contributed by atoms with Crippen molar-refractivity contribution in [3.63, 3.8) is 0 Å². The topological polar surface area (TPSA) is 123 Å². The van der Waals surface area contributed by atoms with E-state index >= 15 is 0 Å². The zero-order valence-corrected chi connectivity index (χ0v) is 8.59. The fourth-order valence-electron chi connectivity index (χ4n) is 0. The van der Waals surface area contributed by atoms with Gasteiger partial charge in [0.1, 0.15) is 0 Å². The Hall–Kier alpha value is -0.437. The summed E-state index contributed by atoms with van der Waals surface area (Å²) < 4.78 is 22.5. The molecule has 0 amide bonds. The molecule has 0 aromatic heterocycles. The molecule has 0 atom stereocenters. The summed E-state index contributed by atoms with van der Waals surface area (Å²) in [5, 5.41) is 7.60. The number of nitrogens with two attached hydrogens (primary N) is 1. The maximum absolute atomic E-state index is 9.24. The van der Waals surface area contributed by atoms with Crippen LogP contribution in [0.5, 0.6) is 0 Å². The molecular weight excluding hydrogens is 291 g/mol. The normalized spacial score (nSPS) is 3.77. The van der Waals surface area contributed by atoms with Gasteiger partial charge in [0.15, 0.2) is 0 Å². The zero-order chi connectivity index (χ0) is 12.3. The molecule has 75 valence electrons. The number of rotatable bonds is 1. The van der Waals surface area contributed by atoms with Crippen LogP contribution in [0.4, 0.5) is 0 Å². The summed E-state index contributed by atoms with van der Waals surface area (Å²) in [5.41, 5.74) is 4.57. The summed E-state index contributed by atoms with van der Waals surface area (Å²) in [7, 11) is 4.57. The van der Waals surface area contributed by atoms with E-state index in [1.54, 1.807) is 0 Å². The number of carboxylic acids is 1. The van der Waals surface area contributed by atoms with E-state index < -0.39 is 5.97 Å². The maximum atomic E-state index is 9.24. The van der Waals surface area contributed by atoms with E-state index in [0.29, 0.717) is 0 Å². The molecule has 0 spiro atoms. The zero-order valence-electron chi connectivity index (χ0n) is 6.10. The minimum absolute atomic E-state index is 0.278. The van der Waals surface area contributed by atoms with Crippen molar-refractivity contribution in [3.05, 3.63) is 20.0 Å². The molecule has 0 bridgehead atoms. The van der Waals surface area contributed by atoms with Crippen LogP contribution in [0.3, 0.4) is 0 Å². The molecule has 0 radical (unpaired) electrons. The Kier molecular flexibility index (Phi) is 230. The van der Waals surface area contributed by atoms with Crippen LogP contribution in [-0.2, 0) is 36.1 Å². The fourth-order valence-corrected chi connectivity index (χ4v) is 0. The van der Waals surface area contributed by atoms with Crippen molar-refractivity contribution in [2.24, 2.45) is 5.73 Å². The molecule has 0 aliphatic carbocycles. The predicted octanol–water partition coefficient (Wildman–Crippen LogP) is -0.396. The average molecular weight is 296 g/mol. The van der Waals surface area contributed by atoms with Crippen molar-refractivity contribution in [2.45, 2.75) is 0 Å². The van der Waals surface area contributed by atoms with Gasteiger partial charge in [-0.05, 0) is 0 Å². The van der Waals surface area contributed by atoms with Crippen LogP contribution in [-0.4, -0.2) is 17.6 Å². The second kappa shape index (κ2) is 102. The number of carboxylic acid groups (broad SMARTS) is 1. The first-order valence-electron chi connectivity index (χ1n) is 1.94. The van der Waals surface area contributed by atoms with Crippen molar-refractivity contribution in [2.75, 3.05) is 6.54 Å². The molecule has 8 heteroatoms. The fraction of sp³-hybridized carbons (Fsp3) is 0.200. The molecule has 0 aliphatic heterocycles. The van der Waals surface area contributed by atoms with Crippen molar-refractivity contribution in [1.29, 1.82) is 0 Å². The number of aliphatic carboxylic acids is 1. The first kappa shape index (κ1) is 29.4.